The van der Waals surface area contributed by atoms with Gasteiger partial charge in [-0.25, -0.2) is 0 Å². The van der Waals surface area contributed by atoms with E-state index >= 15 is 0 Å². The van der Waals surface area contributed by atoms with Crippen LogP contribution < -0.4 is 5.32 Å². The Morgan fingerprint density at radius 3 is 2.26 bits per heavy atom. The minimum Gasteiger partial charge on any atom is -0.481 e. The van der Waals surface area contributed by atoms with E-state index in [4.69, 9.17) is 11.6 Å². The molecule has 1 aromatic carbocycles. The number of ketones is 1. The maximum absolute atomic E-state index is 14.8. The first-order valence-electron chi connectivity index (χ1n) is 22.6. The molecule has 58 heavy (non-hydrogen) atoms. The van der Waals surface area contributed by atoms with Crippen molar-refractivity contribution >= 4 is 29.3 Å². The Morgan fingerprint density at radius 1 is 0.897 bits per heavy atom. The summed E-state index contributed by atoms with van der Waals surface area (Å²) in [6, 6.07) is 8.04. The van der Waals surface area contributed by atoms with E-state index in [2.05, 4.69) is 102 Å². The number of aliphatic carboxylic acids is 1. The number of nitrogens with one attached hydrogen (secondary N) is 1. The lowest BCUT2D eigenvalue weighted by Gasteiger charge is -2.71. The molecule has 0 spiro atoms. The van der Waals surface area contributed by atoms with Crippen molar-refractivity contribution in [1.29, 1.82) is 0 Å². The van der Waals surface area contributed by atoms with E-state index in [0.717, 1.165) is 88.1 Å². The standard InChI is InChI=1S/C50H72ClN3O4/c1-32(2)42-39(55)30-50(45(58)52-26-27-54(29-28-53(8)9)31-33-10-16-36(51)17-11-33)25-24-48(6)38(43(42)50)18-19-41-47(5)22-20-37(34-12-14-35(15-13-34)44(56)57)46(3,4)40(47)21-23-49(41,48)7/h10-12,16-17,20,32,35,38,40-41H,13-15,18-19,21-31H2,1-9H3,(H,52,58)(H,56,57)/t35-,38-,40?,41-,47+,48-,49-,50-/m1/s1. The average molecular weight is 815 g/mol. The highest BCUT2D eigenvalue weighted by atomic mass is 35.5. The molecular formula is C50H72ClN3O4. The molecule has 1 aromatic rings. The average Bonchev–Trinajstić information content (AvgIpc) is 3.48. The van der Waals surface area contributed by atoms with Gasteiger partial charge in [0.15, 0.2) is 5.78 Å². The molecule has 0 aromatic heterocycles. The Bertz CT molecular complexity index is 1880. The molecule has 3 fully saturated rings. The van der Waals surface area contributed by atoms with Crippen molar-refractivity contribution in [1.82, 2.24) is 15.1 Å². The third-order valence-corrected chi connectivity index (χ3v) is 17.7. The number of carboxylic acids is 1. The zero-order chi connectivity index (χ0) is 42.0. The normalized spacial score (nSPS) is 35.6. The number of fused-ring (bicyclic) bond motifs is 7. The number of amides is 1. The van der Waals surface area contributed by atoms with Crippen LogP contribution in [-0.2, 0) is 20.9 Å². The third kappa shape index (κ3) is 7.19. The van der Waals surface area contributed by atoms with Gasteiger partial charge in [0.2, 0.25) is 5.91 Å². The highest BCUT2D eigenvalue weighted by Gasteiger charge is 2.70. The molecule has 2 N–H and O–H groups in total. The predicted molar refractivity (Wildman–Crippen MR) is 234 cm³/mol. The molecule has 0 heterocycles. The van der Waals surface area contributed by atoms with E-state index in [1.807, 2.05) is 12.1 Å². The van der Waals surface area contributed by atoms with Crippen molar-refractivity contribution in [3.63, 3.8) is 0 Å². The summed E-state index contributed by atoms with van der Waals surface area (Å²) in [5.74, 6) is 0.721. The van der Waals surface area contributed by atoms with Gasteiger partial charge < -0.3 is 15.3 Å². The number of hydrogen-bond acceptors (Lipinski definition) is 5. The van der Waals surface area contributed by atoms with Crippen LogP contribution >= 0.6 is 11.6 Å². The smallest absolute Gasteiger partial charge is 0.306 e. The van der Waals surface area contributed by atoms with E-state index in [1.165, 1.54) is 28.7 Å². The first kappa shape index (κ1) is 43.4. The maximum atomic E-state index is 14.8. The monoisotopic (exact) mass is 814 g/mol. The van der Waals surface area contributed by atoms with Gasteiger partial charge in [0.25, 0.3) is 0 Å². The lowest BCUT2D eigenvalue weighted by atomic mass is 9.33. The number of halogens is 1. The third-order valence-electron chi connectivity index (χ3n) is 17.4. The van der Waals surface area contributed by atoms with Gasteiger partial charge in [0, 0.05) is 44.2 Å². The van der Waals surface area contributed by atoms with Crippen LogP contribution in [0.3, 0.4) is 0 Å². The largest absolute Gasteiger partial charge is 0.481 e. The van der Waals surface area contributed by atoms with E-state index in [1.54, 1.807) is 0 Å². The van der Waals surface area contributed by atoms with Crippen LogP contribution in [0.25, 0.3) is 0 Å². The second-order valence-electron chi connectivity index (χ2n) is 21.3. The van der Waals surface area contributed by atoms with Crippen molar-refractivity contribution in [2.24, 2.45) is 56.7 Å². The number of likely N-dealkylation sites (N-methyl/N-ethyl adjacent to an activating group) is 1. The second kappa shape index (κ2) is 15.9. The van der Waals surface area contributed by atoms with Crippen LogP contribution in [0.1, 0.15) is 125 Å². The number of carbonyl (C=O) groups excluding carboxylic acids is 2. The molecule has 0 bridgehead atoms. The summed E-state index contributed by atoms with van der Waals surface area (Å²) in [5, 5.41) is 13.8. The Morgan fingerprint density at radius 2 is 1.62 bits per heavy atom. The van der Waals surface area contributed by atoms with Gasteiger partial charge in [-0.1, -0.05) is 84.4 Å². The van der Waals surface area contributed by atoms with Crippen molar-refractivity contribution in [3.8, 4) is 0 Å². The Hall–Kier alpha value is -2.74. The molecule has 8 heteroatoms. The van der Waals surface area contributed by atoms with Crippen molar-refractivity contribution in [2.45, 2.75) is 126 Å². The SMILES string of the molecule is CC(C)C1=C2[C@H]3CC[C@@H]4[C@@]5(C)CC=C(C6=CC[C@@H](C(=O)O)CC6)C(C)(C)C5CC[C@@]4(C)[C@]3(C)CC[C@@]2(C(=O)NCCN(CCN(C)C)Cc2ccc(Cl)cc2)CC1=O. The summed E-state index contributed by atoms with van der Waals surface area (Å²) >= 11 is 6.19. The number of hydrogen-bond donors (Lipinski definition) is 2. The Labute approximate surface area is 354 Å². The predicted octanol–water partition coefficient (Wildman–Crippen LogP) is 10.1. The van der Waals surface area contributed by atoms with Gasteiger partial charge in [-0.15, -0.1) is 0 Å². The quantitative estimate of drug-likeness (QED) is 0.219. The highest BCUT2D eigenvalue weighted by molar-refractivity contribution is 6.30. The zero-order valence-corrected chi connectivity index (χ0v) is 37.9. The van der Waals surface area contributed by atoms with E-state index < -0.39 is 11.4 Å². The summed E-state index contributed by atoms with van der Waals surface area (Å²) in [6.07, 6.45) is 14.6. The summed E-state index contributed by atoms with van der Waals surface area (Å²) in [6.45, 7) is 20.9. The number of Topliss-reactive ketones (excluding diaryl/α,β-unsaturated/α-hetero) is 1. The lowest BCUT2D eigenvalue weighted by Crippen LogP contribution is -2.64. The van der Waals surface area contributed by atoms with E-state index in [0.29, 0.717) is 31.2 Å². The van der Waals surface area contributed by atoms with Crippen molar-refractivity contribution in [2.75, 3.05) is 40.3 Å². The molecule has 7 nitrogen and oxygen atoms in total. The molecule has 0 aliphatic heterocycles. The molecule has 0 radical (unpaired) electrons. The van der Waals surface area contributed by atoms with E-state index in [9.17, 15) is 19.5 Å². The number of carboxylic acid groups (broad SMARTS) is 1. The van der Waals surface area contributed by atoms with Crippen molar-refractivity contribution < 1.29 is 19.5 Å². The first-order valence-corrected chi connectivity index (χ1v) is 23.0. The molecular weight excluding hydrogens is 742 g/mol. The van der Waals surface area contributed by atoms with Crippen LogP contribution in [0.4, 0.5) is 0 Å². The summed E-state index contributed by atoms with van der Waals surface area (Å²) in [5.41, 5.74) is 5.70. The molecule has 6 aliphatic carbocycles. The molecule has 8 atom stereocenters. The molecule has 1 amide bonds. The van der Waals surface area contributed by atoms with Gasteiger partial charge in [-0.2, -0.15) is 0 Å². The topological polar surface area (TPSA) is 89.9 Å². The maximum Gasteiger partial charge on any atom is 0.306 e. The molecule has 1 unspecified atom stereocenters. The van der Waals surface area contributed by atoms with E-state index in [-0.39, 0.29) is 51.1 Å². The number of rotatable bonds is 12. The number of carbonyl (C=O) groups is 3. The lowest BCUT2D eigenvalue weighted by molar-refractivity contribution is -0.199. The number of allylic oxidation sites excluding steroid dienone is 5. The van der Waals surface area contributed by atoms with Crippen LogP contribution in [0.2, 0.25) is 5.02 Å². The Balaban J connectivity index is 1.13. The minimum absolute atomic E-state index is 0.00978. The fourth-order valence-corrected chi connectivity index (χ4v) is 14.4. The number of nitrogens with zero attached hydrogens (tertiary/aromatic N) is 2. The van der Waals surface area contributed by atoms with Crippen molar-refractivity contribution in [3.05, 3.63) is 69.3 Å². The molecule has 7 rings (SSSR count). The summed E-state index contributed by atoms with van der Waals surface area (Å²) < 4.78 is 0. The molecule has 0 saturated heterocycles. The summed E-state index contributed by atoms with van der Waals surface area (Å²) in [7, 11) is 4.18. The van der Waals surface area contributed by atoms with Crippen LogP contribution in [0.15, 0.2) is 58.7 Å². The van der Waals surface area contributed by atoms with Crippen LogP contribution in [0, 0.1) is 56.7 Å². The summed E-state index contributed by atoms with van der Waals surface area (Å²) in [4.78, 5) is 45.4. The fraction of sp³-hybridized carbons (Fsp3) is 0.700. The van der Waals surface area contributed by atoms with Crippen LogP contribution in [-0.4, -0.2) is 72.8 Å². The van der Waals surface area contributed by atoms with Crippen LogP contribution in [0.5, 0.6) is 0 Å². The number of benzene rings is 1. The van der Waals surface area contributed by atoms with Gasteiger partial charge in [-0.05, 0) is 164 Å². The minimum atomic E-state index is -0.756. The molecule has 6 aliphatic rings. The Kier molecular flexibility index (Phi) is 11.9. The van der Waals surface area contributed by atoms with Gasteiger partial charge in [-0.3, -0.25) is 19.3 Å². The fourth-order valence-electron chi connectivity index (χ4n) is 14.3. The molecule has 318 valence electrons. The zero-order valence-electron chi connectivity index (χ0n) is 37.1. The van der Waals surface area contributed by atoms with Gasteiger partial charge in [0.05, 0.1) is 11.3 Å². The first-order chi connectivity index (χ1) is 27.3. The molecule has 3 saturated carbocycles. The van der Waals surface area contributed by atoms with Gasteiger partial charge in [0.1, 0.15) is 0 Å². The second-order valence-corrected chi connectivity index (χ2v) is 21.8. The highest BCUT2D eigenvalue weighted by Crippen LogP contribution is 2.76. The van der Waals surface area contributed by atoms with Gasteiger partial charge >= 0.3 is 5.97 Å².